The summed E-state index contributed by atoms with van der Waals surface area (Å²) in [5.41, 5.74) is 4.82. The first-order valence-corrected chi connectivity index (χ1v) is 48.7. The van der Waals surface area contributed by atoms with Crippen LogP contribution in [0, 0.1) is 83.0 Å². The molecule has 10 heterocycles. The van der Waals surface area contributed by atoms with Crippen molar-refractivity contribution in [3.05, 3.63) is 178 Å². The number of benzene rings is 2. The first-order chi connectivity index (χ1) is 67.6. The molecule has 3 aliphatic heterocycles. The summed E-state index contributed by atoms with van der Waals surface area (Å²) in [5.74, 6) is 0.669. The number of aromatic nitrogens is 6. The Labute approximate surface area is 834 Å². The summed E-state index contributed by atoms with van der Waals surface area (Å²) in [6, 6.07) is 22.7. The third-order valence-corrected chi connectivity index (χ3v) is 26.7. The monoisotopic (exact) mass is 2010 g/mol. The number of carboxylic acid groups (broad SMARTS) is 9. The number of nitrogens with one attached hydrogen (secondary N) is 1. The van der Waals surface area contributed by atoms with Gasteiger partial charge in [0.1, 0.15) is 30.0 Å². The predicted molar refractivity (Wildman–Crippen MR) is 524 cm³/mol. The van der Waals surface area contributed by atoms with E-state index < -0.39 is 102 Å². The Morgan fingerprint density at radius 2 is 1.20 bits per heavy atom. The van der Waals surface area contributed by atoms with Crippen LogP contribution in [-0.4, -0.2) is 227 Å². The molecule has 39 heteroatoms. The number of rotatable bonds is 30. The van der Waals surface area contributed by atoms with Gasteiger partial charge in [0.05, 0.1) is 35.7 Å². The van der Waals surface area contributed by atoms with Crippen molar-refractivity contribution < 1.29 is 150 Å². The summed E-state index contributed by atoms with van der Waals surface area (Å²) in [7, 11) is 1.87. The van der Waals surface area contributed by atoms with Gasteiger partial charge < -0.3 is 111 Å². The van der Waals surface area contributed by atoms with Gasteiger partial charge in [0.15, 0.2) is 64.9 Å². The standard InChI is InChI=1S/C13H18O3.2C12H12O4.C12H18O3.C10H17NO3.C10H11NO3.C10H16O3.C9H13NO3.C8H10N4O2.C8H10O3S/c1-8-5-10-6-9(8)7-11(10)16-13(12(14)15)3-2-4-13;1-7-5-9-3-4-15-11(9)10(6-7)16-8(2)12(13)14;1-7-3-4-10-9(5-7)11(6-15-10)16-8(2)12(13)14;1-7-5-10-4-3-9(7)6-11(10)15-8(2)12(13)14;1-7-4-8-2-3-11(7)5-9(8)14-6-10(12)13;1-7-2-3-8(11-6-7)14-10(4-5-10)9(12)13;1-7-3-5-9(6-4-7)13-8(2)10(11)12;1-6-4-10(3)5-8(6)13-7(2)9(11)12;1-5-3-4-7(13-5)14-6(2)8-9-11-12-10-8;1-5-3-4-7(12-5)11-6(2)8(9)10/h7-10H,2-6H2,1H3,(H,14,15);2*3-6,8H,1-2H3,(H,13,14);3-4,7-11H,5-6H2,1-2H3,(H,13,14);7-9H,2-6H2,1H3,(H,12,13);2-3,6H,4-5H2,1H3,(H,12,13);3,8-9H,4-6H2,1-2H3,(H,11,12);4-5,7H,1-3H3,(H,11,12);3-4,6H,1-2H3,(H,9,10,11,12);3-4,6H,1-2H3,(H,9,10). The third kappa shape index (κ3) is 34.3. The van der Waals surface area contributed by atoms with E-state index in [0.29, 0.717) is 112 Å². The molecular weight excluding hydrogens is 1880 g/mol. The zero-order valence-corrected chi connectivity index (χ0v) is 85.0. The number of thiophene rings is 1. The number of furan rings is 3. The molecule has 20 rings (SSSR count). The van der Waals surface area contributed by atoms with E-state index in [0.717, 1.165) is 126 Å². The number of piperidine rings is 3. The van der Waals surface area contributed by atoms with Gasteiger partial charge in [0.2, 0.25) is 22.9 Å². The van der Waals surface area contributed by atoms with Crippen molar-refractivity contribution in [2.75, 3.05) is 19.7 Å². The van der Waals surface area contributed by atoms with Gasteiger partial charge in [0.25, 0.3) is 5.95 Å². The highest BCUT2D eigenvalue weighted by molar-refractivity contribution is 7.13. The van der Waals surface area contributed by atoms with Crippen molar-refractivity contribution >= 4 is 87.0 Å². The highest BCUT2D eigenvalue weighted by atomic mass is 32.1. The summed E-state index contributed by atoms with van der Waals surface area (Å²) < 4.78 is 71.5. The van der Waals surface area contributed by atoms with Crippen LogP contribution < -0.4 is 28.4 Å². The van der Waals surface area contributed by atoms with Crippen LogP contribution in [0.4, 0.5) is 0 Å². The molecule has 2 aromatic carbocycles. The fraction of sp³-hybridized carbons (Fsp3) is 0.529. The normalized spacial score (nSPS) is 22.9. The number of tetrazole rings is 1. The molecule has 9 aromatic rings. The Kier molecular flexibility index (Phi) is 41.9. The van der Waals surface area contributed by atoms with Gasteiger partial charge in [0, 0.05) is 90.9 Å². The number of hydrogen-bond donors (Lipinski definition) is 10. The van der Waals surface area contributed by atoms with Crippen LogP contribution >= 0.6 is 11.3 Å². The van der Waals surface area contributed by atoms with E-state index in [4.69, 9.17) is 101 Å². The molecule has 0 radical (unpaired) electrons. The molecular formula is C104H137N7O31S. The largest absolute Gasteiger partial charge is 0.480 e. The van der Waals surface area contributed by atoms with Crippen LogP contribution in [0.15, 0.2) is 153 Å². The number of H-pyrrole nitrogens is 1. The Bertz CT molecular complexity index is 5780. The molecule has 7 fully saturated rings. The minimum atomic E-state index is -0.999. The lowest BCUT2D eigenvalue weighted by Crippen LogP contribution is -2.55. The molecule has 38 nitrogen and oxygen atoms in total. The van der Waals surface area contributed by atoms with Crippen LogP contribution in [0.2, 0.25) is 0 Å². The van der Waals surface area contributed by atoms with Gasteiger partial charge in [-0.25, -0.2) is 48.1 Å². The maximum absolute atomic E-state index is 11.2. The Morgan fingerprint density at radius 1 is 0.580 bits per heavy atom. The first-order valence-electron chi connectivity index (χ1n) is 47.9. The second kappa shape index (κ2) is 52.8. The SMILES string of the molecule is CC(OC1CC2C=CC1CC2C)C(=O)O.CC1=CCC(OC(C)C(=O)O)CC1.CC1CC2CC1C=C2OC1(C(=O)O)CCC1.CC1CC2CCN1CC2OCC(=O)O.Cc1cc(OC(C)C(=O)O)c2occc2c1.Cc1ccc(OC(C)C(=O)O)s1.Cc1ccc(OC(C)c2nn[nH]n2)o1.Cc1ccc(OC2(C(=O)O)CC2)nc1.Cc1ccc2occ(OC(C)C(=O)O)c2c1.Cc1cn(C)cc1OC(C)C(=O)O. The van der Waals surface area contributed by atoms with Gasteiger partial charge in [-0.15, -0.1) is 21.5 Å². The summed E-state index contributed by atoms with van der Waals surface area (Å²) >= 11 is 1.45. The number of pyridine rings is 1. The summed E-state index contributed by atoms with van der Waals surface area (Å²) in [5, 5.41) is 94.5. The molecule has 19 unspecified atom stereocenters. The Hall–Kier alpha value is -13.1. The highest BCUT2D eigenvalue weighted by Crippen LogP contribution is 2.51. The number of carbonyl (C=O) groups is 9. The Morgan fingerprint density at radius 3 is 1.69 bits per heavy atom. The molecule has 11 aliphatic rings. The maximum atomic E-state index is 11.2. The topological polar surface area (TPSA) is 543 Å². The van der Waals surface area contributed by atoms with Gasteiger partial charge in [-0.1, -0.05) is 60.6 Å². The number of nitrogens with zero attached hydrogens (tertiary/aromatic N) is 6. The van der Waals surface area contributed by atoms with E-state index in [1.165, 1.54) is 63.7 Å². The number of carboxylic acids is 9. The zero-order valence-electron chi connectivity index (χ0n) is 84.1. The molecule has 0 amide bonds. The van der Waals surface area contributed by atoms with Crippen LogP contribution in [-0.2, 0) is 69.1 Å². The van der Waals surface area contributed by atoms with Crippen molar-refractivity contribution in [3.8, 4) is 34.1 Å². The molecule has 4 saturated carbocycles. The molecule has 19 atom stereocenters. The molecule has 7 aromatic heterocycles. The van der Waals surface area contributed by atoms with Gasteiger partial charge >= 0.3 is 53.7 Å². The van der Waals surface area contributed by atoms with Crippen molar-refractivity contribution in [3.63, 3.8) is 0 Å². The van der Waals surface area contributed by atoms with Crippen LogP contribution in [0.5, 0.6) is 34.1 Å². The number of fused-ring (bicyclic) bond motifs is 9. The molecule has 6 bridgehead atoms. The summed E-state index contributed by atoms with van der Waals surface area (Å²) in [4.78, 5) is 103. The number of allylic oxidation sites excluding steroid dienone is 4. The summed E-state index contributed by atoms with van der Waals surface area (Å²) in [6.07, 6.45) is 25.5. The maximum Gasteiger partial charge on any atom is 0.348 e. The van der Waals surface area contributed by atoms with E-state index in [1.54, 1.807) is 56.8 Å². The quantitative estimate of drug-likeness (QED) is 0.0187. The van der Waals surface area contributed by atoms with Crippen LogP contribution in [0.1, 0.15) is 211 Å². The third-order valence-electron chi connectivity index (χ3n) is 25.8. The van der Waals surface area contributed by atoms with E-state index in [-0.39, 0.29) is 31.0 Å². The summed E-state index contributed by atoms with van der Waals surface area (Å²) in [6.45, 7) is 33.3. The average molecular weight is 2010 g/mol. The first kappa shape index (κ1) is 113. The van der Waals surface area contributed by atoms with Gasteiger partial charge in [-0.2, -0.15) is 5.21 Å². The van der Waals surface area contributed by atoms with Crippen LogP contribution in [0.3, 0.4) is 0 Å². The van der Waals surface area contributed by atoms with Crippen molar-refractivity contribution in [1.82, 2.24) is 35.1 Å². The van der Waals surface area contributed by atoms with E-state index in [1.807, 2.05) is 115 Å². The smallest absolute Gasteiger partial charge is 0.348 e. The minimum Gasteiger partial charge on any atom is -0.480 e. The lowest BCUT2D eigenvalue weighted by Gasteiger charge is -2.48. The minimum absolute atomic E-state index is 0.0924. The number of aryl methyl sites for hydroxylation is 7. The Balaban J connectivity index is 0.000000177. The molecule has 8 aliphatic carbocycles. The number of aromatic amines is 1. The molecule has 0 spiro atoms. The zero-order chi connectivity index (χ0) is 105. The lowest BCUT2D eigenvalue weighted by molar-refractivity contribution is -0.172. The number of aliphatic carboxylic acids is 9. The number of hydrogen-bond acceptors (Lipinski definition) is 28. The molecule has 780 valence electrons. The van der Waals surface area contributed by atoms with Crippen molar-refractivity contribution in [2.24, 2.45) is 48.5 Å². The molecule has 3 saturated heterocycles. The van der Waals surface area contributed by atoms with Gasteiger partial charge in [-0.05, 0) is 283 Å². The van der Waals surface area contributed by atoms with Crippen molar-refractivity contribution in [1.29, 1.82) is 0 Å². The van der Waals surface area contributed by atoms with Crippen LogP contribution in [0.25, 0.3) is 21.9 Å². The fourth-order valence-electron chi connectivity index (χ4n) is 16.9. The predicted octanol–water partition coefficient (Wildman–Crippen LogP) is 18.1. The highest BCUT2D eigenvalue weighted by Gasteiger charge is 2.54. The lowest BCUT2D eigenvalue weighted by atomic mass is 9.68. The average Bonchev–Trinajstić information content (AvgIpc) is 1.67. The van der Waals surface area contributed by atoms with E-state index in [2.05, 4.69) is 82.5 Å². The van der Waals surface area contributed by atoms with Crippen molar-refractivity contribution in [2.45, 2.75) is 286 Å². The van der Waals surface area contributed by atoms with E-state index in [9.17, 15) is 48.3 Å². The van der Waals surface area contributed by atoms with Gasteiger partial charge in [-0.3, -0.25) is 4.90 Å². The number of ether oxygens (including phenoxy) is 10. The molecule has 10 N–H and O–H groups in total. The molecule has 143 heavy (non-hydrogen) atoms. The second-order valence-corrected chi connectivity index (χ2v) is 39.0. The second-order valence-electron chi connectivity index (χ2n) is 37.8. The fourth-order valence-corrected chi connectivity index (χ4v) is 17.7. The van der Waals surface area contributed by atoms with E-state index >= 15 is 0 Å².